The summed E-state index contributed by atoms with van der Waals surface area (Å²) in [5.41, 5.74) is 0.168. The first kappa shape index (κ1) is 13.9. The Labute approximate surface area is 115 Å². The summed E-state index contributed by atoms with van der Waals surface area (Å²) in [6, 6.07) is 0. The van der Waals surface area contributed by atoms with Gasteiger partial charge in [0.1, 0.15) is 0 Å². The zero-order valence-corrected chi connectivity index (χ0v) is 12.8. The maximum atomic E-state index is 6.55. The second-order valence-electron chi connectivity index (χ2n) is 6.23. The van der Waals surface area contributed by atoms with Crippen molar-refractivity contribution in [1.82, 2.24) is 0 Å². The van der Waals surface area contributed by atoms with E-state index in [4.69, 9.17) is 4.74 Å². The van der Waals surface area contributed by atoms with Crippen molar-refractivity contribution in [2.75, 3.05) is 5.33 Å². The van der Waals surface area contributed by atoms with Crippen LogP contribution in [0, 0.1) is 5.92 Å². The fourth-order valence-corrected chi connectivity index (χ4v) is 4.05. The minimum Gasteiger partial charge on any atom is -0.371 e. The standard InChI is InChI=1S/C15H27BrO/c1-13-6-8-14(9-7-13)17-15(12-16)10-4-2-3-5-11-15/h13-14H,2-12H2,1H3. The lowest BCUT2D eigenvalue weighted by Crippen LogP contribution is -2.39. The summed E-state index contributed by atoms with van der Waals surface area (Å²) in [5, 5.41) is 1.03. The van der Waals surface area contributed by atoms with Gasteiger partial charge in [0.2, 0.25) is 0 Å². The van der Waals surface area contributed by atoms with E-state index in [1.54, 1.807) is 0 Å². The van der Waals surface area contributed by atoms with E-state index in [-0.39, 0.29) is 5.60 Å². The first-order chi connectivity index (χ1) is 8.24. The maximum Gasteiger partial charge on any atom is 0.0782 e. The second-order valence-corrected chi connectivity index (χ2v) is 6.79. The Kier molecular flexibility index (Phi) is 5.35. The van der Waals surface area contributed by atoms with Crippen molar-refractivity contribution in [2.24, 2.45) is 5.92 Å². The highest BCUT2D eigenvalue weighted by Crippen LogP contribution is 2.36. The summed E-state index contributed by atoms with van der Waals surface area (Å²) < 4.78 is 6.55. The van der Waals surface area contributed by atoms with E-state index in [1.165, 1.54) is 64.2 Å². The van der Waals surface area contributed by atoms with Crippen molar-refractivity contribution in [2.45, 2.75) is 82.8 Å². The van der Waals surface area contributed by atoms with Crippen LogP contribution in [0.4, 0.5) is 0 Å². The highest BCUT2D eigenvalue weighted by atomic mass is 79.9. The first-order valence-corrected chi connectivity index (χ1v) is 8.60. The summed E-state index contributed by atoms with van der Waals surface area (Å²) in [6.07, 6.45) is 13.9. The number of ether oxygens (including phenoxy) is 1. The van der Waals surface area contributed by atoms with Gasteiger partial charge in [-0.2, -0.15) is 0 Å². The van der Waals surface area contributed by atoms with Crippen LogP contribution in [0.15, 0.2) is 0 Å². The zero-order chi connectivity index (χ0) is 12.1. The van der Waals surface area contributed by atoms with Crippen molar-refractivity contribution in [1.29, 1.82) is 0 Å². The number of hydrogen-bond donors (Lipinski definition) is 0. The molecule has 2 rings (SSSR count). The highest BCUT2D eigenvalue weighted by Gasteiger charge is 2.34. The third-order valence-electron chi connectivity index (χ3n) is 4.64. The number of alkyl halides is 1. The van der Waals surface area contributed by atoms with Gasteiger partial charge in [-0.25, -0.2) is 0 Å². The average molecular weight is 303 g/mol. The Morgan fingerprint density at radius 2 is 1.59 bits per heavy atom. The second kappa shape index (κ2) is 6.56. The van der Waals surface area contributed by atoms with Crippen LogP contribution < -0.4 is 0 Å². The van der Waals surface area contributed by atoms with Gasteiger partial charge in [0, 0.05) is 5.33 Å². The molecule has 2 aliphatic carbocycles. The molecule has 0 atom stereocenters. The smallest absolute Gasteiger partial charge is 0.0782 e. The summed E-state index contributed by atoms with van der Waals surface area (Å²) in [6.45, 7) is 2.38. The van der Waals surface area contributed by atoms with E-state index in [2.05, 4.69) is 22.9 Å². The molecule has 0 radical (unpaired) electrons. The van der Waals surface area contributed by atoms with E-state index in [1.807, 2.05) is 0 Å². The predicted molar refractivity (Wildman–Crippen MR) is 76.7 cm³/mol. The van der Waals surface area contributed by atoms with Crippen LogP contribution in [0.1, 0.15) is 71.1 Å². The Bertz CT molecular complexity index is 213. The van der Waals surface area contributed by atoms with Crippen molar-refractivity contribution < 1.29 is 4.74 Å². The molecule has 0 heterocycles. The SMILES string of the molecule is CC1CCC(OC2(CBr)CCCCCC2)CC1. The van der Waals surface area contributed by atoms with Gasteiger partial charge in [0.25, 0.3) is 0 Å². The van der Waals surface area contributed by atoms with Crippen LogP contribution in [0.25, 0.3) is 0 Å². The van der Waals surface area contributed by atoms with E-state index in [0.717, 1.165) is 11.2 Å². The van der Waals surface area contributed by atoms with Crippen LogP contribution in [-0.2, 0) is 4.74 Å². The van der Waals surface area contributed by atoms with Crippen molar-refractivity contribution in [3.8, 4) is 0 Å². The lowest BCUT2D eigenvalue weighted by atomic mass is 9.87. The molecule has 2 saturated carbocycles. The van der Waals surface area contributed by atoms with E-state index >= 15 is 0 Å². The van der Waals surface area contributed by atoms with E-state index in [9.17, 15) is 0 Å². The Morgan fingerprint density at radius 3 is 2.12 bits per heavy atom. The molecule has 0 aliphatic heterocycles. The molecule has 0 unspecified atom stereocenters. The van der Waals surface area contributed by atoms with Gasteiger partial charge in [-0.3, -0.25) is 0 Å². The molecule has 0 saturated heterocycles. The molecular weight excluding hydrogens is 276 g/mol. The van der Waals surface area contributed by atoms with Gasteiger partial charge < -0.3 is 4.74 Å². The van der Waals surface area contributed by atoms with Gasteiger partial charge in [0.05, 0.1) is 11.7 Å². The van der Waals surface area contributed by atoms with Crippen molar-refractivity contribution in [3.05, 3.63) is 0 Å². The third kappa shape index (κ3) is 3.96. The molecule has 1 nitrogen and oxygen atoms in total. The Balaban J connectivity index is 1.89. The molecule has 0 N–H and O–H groups in total. The van der Waals surface area contributed by atoms with E-state index < -0.39 is 0 Å². The largest absolute Gasteiger partial charge is 0.371 e. The highest BCUT2D eigenvalue weighted by molar-refractivity contribution is 9.09. The molecule has 2 heteroatoms. The molecule has 0 spiro atoms. The summed E-state index contributed by atoms with van der Waals surface area (Å²) in [5.74, 6) is 0.920. The first-order valence-electron chi connectivity index (χ1n) is 7.48. The van der Waals surface area contributed by atoms with Gasteiger partial charge in [0.15, 0.2) is 0 Å². The molecular formula is C15H27BrO. The fraction of sp³-hybridized carbons (Fsp3) is 1.00. The molecule has 0 amide bonds. The molecule has 0 aromatic heterocycles. The van der Waals surface area contributed by atoms with Crippen LogP contribution in [0.3, 0.4) is 0 Å². The minimum absolute atomic E-state index is 0.168. The molecule has 0 aromatic carbocycles. The third-order valence-corrected chi connectivity index (χ3v) is 5.66. The van der Waals surface area contributed by atoms with Crippen LogP contribution >= 0.6 is 15.9 Å². The van der Waals surface area contributed by atoms with Crippen LogP contribution in [0.5, 0.6) is 0 Å². The van der Waals surface area contributed by atoms with Gasteiger partial charge >= 0.3 is 0 Å². The molecule has 0 aromatic rings. The monoisotopic (exact) mass is 302 g/mol. The lowest BCUT2D eigenvalue weighted by molar-refractivity contribution is -0.102. The van der Waals surface area contributed by atoms with Crippen LogP contribution in [-0.4, -0.2) is 17.0 Å². The van der Waals surface area contributed by atoms with Gasteiger partial charge in [-0.15, -0.1) is 0 Å². The Hall–Kier alpha value is 0.440. The fourth-order valence-electron chi connectivity index (χ4n) is 3.36. The van der Waals surface area contributed by atoms with Gasteiger partial charge in [-0.05, 0) is 44.4 Å². The lowest BCUT2D eigenvalue weighted by Gasteiger charge is -2.38. The zero-order valence-electron chi connectivity index (χ0n) is 11.2. The number of rotatable bonds is 3. The summed E-state index contributed by atoms with van der Waals surface area (Å²) in [4.78, 5) is 0. The predicted octanol–water partition coefficient (Wildman–Crippen LogP) is 5.07. The van der Waals surface area contributed by atoms with Gasteiger partial charge in [-0.1, -0.05) is 48.5 Å². The Morgan fingerprint density at radius 1 is 1.00 bits per heavy atom. The summed E-state index contributed by atoms with van der Waals surface area (Å²) in [7, 11) is 0. The summed E-state index contributed by atoms with van der Waals surface area (Å²) >= 11 is 3.72. The average Bonchev–Trinajstić information content (AvgIpc) is 2.58. The number of hydrogen-bond acceptors (Lipinski definition) is 1. The van der Waals surface area contributed by atoms with Crippen molar-refractivity contribution in [3.63, 3.8) is 0 Å². The normalized spacial score (nSPS) is 34.2. The molecule has 0 bridgehead atoms. The molecule has 17 heavy (non-hydrogen) atoms. The molecule has 100 valence electrons. The maximum absolute atomic E-state index is 6.55. The van der Waals surface area contributed by atoms with Crippen LogP contribution in [0.2, 0.25) is 0 Å². The minimum atomic E-state index is 0.168. The molecule has 2 fully saturated rings. The quantitative estimate of drug-likeness (QED) is 0.522. The number of halogens is 1. The van der Waals surface area contributed by atoms with Crippen molar-refractivity contribution >= 4 is 15.9 Å². The topological polar surface area (TPSA) is 9.23 Å². The van der Waals surface area contributed by atoms with E-state index in [0.29, 0.717) is 6.10 Å². The molecule has 2 aliphatic rings.